The lowest BCUT2D eigenvalue weighted by atomic mass is 9.85. The summed E-state index contributed by atoms with van der Waals surface area (Å²) in [5, 5.41) is 4.23. The van der Waals surface area contributed by atoms with E-state index in [9.17, 15) is 14.4 Å². The van der Waals surface area contributed by atoms with Crippen molar-refractivity contribution in [3.8, 4) is 0 Å². The number of hydrogen-bond acceptors (Lipinski definition) is 5. The minimum atomic E-state index is -0.758. The summed E-state index contributed by atoms with van der Waals surface area (Å²) in [5.41, 5.74) is 2.69. The van der Waals surface area contributed by atoms with Crippen LogP contribution in [0.3, 0.4) is 0 Å². The highest BCUT2D eigenvalue weighted by Crippen LogP contribution is 2.24. The largest absolute Gasteiger partial charge is 0.463 e. The molecule has 0 saturated heterocycles. The SMILES string of the molecule is CCOC(=O)/C(C)=C/[C@H](C(C)C)N(C)C(=O)[C@@H](NC(=O)N(C)NC(C)(C)C)C(C)(C)C. The van der Waals surface area contributed by atoms with Crippen molar-refractivity contribution in [3.63, 3.8) is 0 Å². The summed E-state index contributed by atoms with van der Waals surface area (Å²) >= 11 is 0. The van der Waals surface area contributed by atoms with E-state index in [-0.39, 0.29) is 23.4 Å². The van der Waals surface area contributed by atoms with Crippen molar-refractivity contribution in [3.05, 3.63) is 11.6 Å². The number of carbonyl (C=O) groups is 3. The molecule has 0 saturated carbocycles. The quantitative estimate of drug-likeness (QED) is 0.343. The highest BCUT2D eigenvalue weighted by molar-refractivity contribution is 5.89. The molecule has 8 heteroatoms. The van der Waals surface area contributed by atoms with Crippen LogP contribution in [-0.2, 0) is 14.3 Å². The fraction of sp³-hybridized carbons (Fsp3) is 0.783. The summed E-state index contributed by atoms with van der Waals surface area (Å²) < 4.78 is 5.06. The molecule has 0 aromatic rings. The zero-order valence-corrected chi connectivity index (χ0v) is 21.5. The molecule has 0 aliphatic heterocycles. The van der Waals surface area contributed by atoms with Crippen LogP contribution in [0, 0.1) is 11.3 Å². The first-order chi connectivity index (χ1) is 13.9. The van der Waals surface area contributed by atoms with Crippen LogP contribution >= 0.6 is 0 Å². The molecule has 0 heterocycles. The number of esters is 1. The van der Waals surface area contributed by atoms with Gasteiger partial charge in [0.1, 0.15) is 6.04 Å². The molecule has 0 aromatic heterocycles. The predicted octanol–water partition coefficient (Wildman–Crippen LogP) is 3.34. The van der Waals surface area contributed by atoms with Crippen molar-refractivity contribution in [2.75, 3.05) is 20.7 Å². The van der Waals surface area contributed by atoms with E-state index >= 15 is 0 Å². The Morgan fingerprint density at radius 3 is 1.94 bits per heavy atom. The topological polar surface area (TPSA) is 91.0 Å². The van der Waals surface area contributed by atoms with E-state index in [1.165, 1.54) is 5.01 Å². The number of hydrazine groups is 1. The van der Waals surface area contributed by atoms with E-state index in [0.29, 0.717) is 12.2 Å². The van der Waals surface area contributed by atoms with Crippen LogP contribution in [0.15, 0.2) is 11.6 Å². The number of amides is 3. The normalized spacial score (nSPS) is 14.7. The van der Waals surface area contributed by atoms with Gasteiger partial charge in [-0.15, -0.1) is 0 Å². The Hall–Kier alpha value is -2.09. The summed E-state index contributed by atoms with van der Waals surface area (Å²) in [5.74, 6) is -0.568. The maximum Gasteiger partial charge on any atom is 0.333 e. The van der Waals surface area contributed by atoms with Crippen LogP contribution in [-0.4, -0.2) is 66.1 Å². The van der Waals surface area contributed by atoms with Crippen molar-refractivity contribution in [1.82, 2.24) is 20.7 Å². The number of nitrogens with one attached hydrogen (secondary N) is 2. The van der Waals surface area contributed by atoms with Gasteiger partial charge in [0, 0.05) is 25.2 Å². The zero-order valence-electron chi connectivity index (χ0n) is 21.5. The Balaban J connectivity index is 5.76. The Morgan fingerprint density at radius 1 is 1.03 bits per heavy atom. The monoisotopic (exact) mass is 440 g/mol. The lowest BCUT2D eigenvalue weighted by Gasteiger charge is -2.38. The lowest BCUT2D eigenvalue weighted by Crippen LogP contribution is -2.61. The summed E-state index contributed by atoms with van der Waals surface area (Å²) in [7, 11) is 3.32. The summed E-state index contributed by atoms with van der Waals surface area (Å²) in [4.78, 5) is 39.9. The van der Waals surface area contributed by atoms with E-state index in [4.69, 9.17) is 4.74 Å². The number of rotatable bonds is 8. The van der Waals surface area contributed by atoms with Gasteiger partial charge in [-0.05, 0) is 46.0 Å². The van der Waals surface area contributed by atoms with Crippen LogP contribution in [0.2, 0.25) is 0 Å². The van der Waals surface area contributed by atoms with Gasteiger partial charge in [-0.2, -0.15) is 0 Å². The number of urea groups is 1. The molecule has 3 amide bonds. The third-order valence-corrected chi connectivity index (χ3v) is 4.68. The van der Waals surface area contributed by atoms with Gasteiger partial charge in [-0.1, -0.05) is 40.7 Å². The Labute approximate surface area is 188 Å². The number of hydrogen-bond donors (Lipinski definition) is 2. The van der Waals surface area contributed by atoms with Gasteiger partial charge >= 0.3 is 12.0 Å². The first-order valence-electron chi connectivity index (χ1n) is 10.9. The number of ether oxygens (including phenoxy) is 1. The van der Waals surface area contributed by atoms with Crippen molar-refractivity contribution < 1.29 is 19.1 Å². The van der Waals surface area contributed by atoms with Crippen LogP contribution in [0.25, 0.3) is 0 Å². The Kier molecular flexibility index (Phi) is 10.7. The van der Waals surface area contributed by atoms with Crippen molar-refractivity contribution in [2.45, 2.75) is 86.9 Å². The van der Waals surface area contributed by atoms with Gasteiger partial charge in [0.15, 0.2) is 0 Å². The van der Waals surface area contributed by atoms with Gasteiger partial charge < -0.3 is 15.0 Å². The summed E-state index contributed by atoms with van der Waals surface area (Å²) in [6.07, 6.45) is 1.76. The van der Waals surface area contributed by atoms with Crippen molar-refractivity contribution >= 4 is 17.9 Å². The predicted molar refractivity (Wildman–Crippen MR) is 124 cm³/mol. The molecule has 0 unspecified atom stereocenters. The van der Waals surface area contributed by atoms with Gasteiger partial charge in [-0.25, -0.2) is 15.0 Å². The average Bonchev–Trinajstić information content (AvgIpc) is 2.59. The van der Waals surface area contributed by atoms with Gasteiger partial charge in [0.2, 0.25) is 5.91 Å². The van der Waals surface area contributed by atoms with Crippen LogP contribution in [0.5, 0.6) is 0 Å². The van der Waals surface area contributed by atoms with E-state index < -0.39 is 23.5 Å². The van der Waals surface area contributed by atoms with Gasteiger partial charge in [0.25, 0.3) is 0 Å². The average molecular weight is 441 g/mol. The molecule has 0 aromatic carbocycles. The summed E-state index contributed by atoms with van der Waals surface area (Å²) in [6, 6.07) is -1.48. The molecule has 0 fully saturated rings. The minimum absolute atomic E-state index is 0.0554. The van der Waals surface area contributed by atoms with E-state index in [0.717, 1.165) is 0 Å². The van der Waals surface area contributed by atoms with E-state index in [1.54, 1.807) is 38.9 Å². The number of nitrogens with zero attached hydrogens (tertiary/aromatic N) is 2. The standard InChI is InChI=1S/C23H44N4O4/c1-13-31-20(29)16(4)14-17(15(2)3)26(11)19(28)18(22(5,6)7)24-21(30)27(12)25-23(8,9)10/h14-15,17-18,25H,13H2,1-12H3,(H,24,30)/b16-14+/t17-,18-/m1/s1. The molecule has 2 N–H and O–H groups in total. The first-order valence-corrected chi connectivity index (χ1v) is 10.9. The van der Waals surface area contributed by atoms with Crippen molar-refractivity contribution in [2.24, 2.45) is 11.3 Å². The second-order valence-electron chi connectivity index (χ2n) is 10.4. The highest BCUT2D eigenvalue weighted by atomic mass is 16.5. The Bertz CT molecular complexity index is 659. The van der Waals surface area contributed by atoms with Crippen LogP contribution in [0.4, 0.5) is 4.79 Å². The molecule has 0 aliphatic rings. The minimum Gasteiger partial charge on any atom is -0.463 e. The zero-order chi connectivity index (χ0) is 24.7. The molecule has 0 rings (SSSR count). The molecule has 2 atom stereocenters. The third kappa shape index (κ3) is 9.72. The number of likely N-dealkylation sites (N-methyl/N-ethyl adjacent to an activating group) is 1. The van der Waals surface area contributed by atoms with E-state index in [2.05, 4.69) is 10.7 Å². The van der Waals surface area contributed by atoms with Gasteiger partial charge in [0.05, 0.1) is 12.6 Å². The first kappa shape index (κ1) is 28.9. The number of carbonyl (C=O) groups excluding carboxylic acids is 3. The fourth-order valence-electron chi connectivity index (χ4n) is 3.09. The lowest BCUT2D eigenvalue weighted by molar-refractivity contribution is -0.139. The maximum absolute atomic E-state index is 13.5. The highest BCUT2D eigenvalue weighted by Gasteiger charge is 2.37. The van der Waals surface area contributed by atoms with Gasteiger partial charge in [-0.3, -0.25) is 9.80 Å². The molecule has 8 nitrogen and oxygen atoms in total. The van der Waals surface area contributed by atoms with Crippen LogP contribution < -0.4 is 10.7 Å². The molecule has 31 heavy (non-hydrogen) atoms. The molecular formula is C23H44N4O4. The smallest absolute Gasteiger partial charge is 0.333 e. The second kappa shape index (κ2) is 11.5. The Morgan fingerprint density at radius 2 is 1.55 bits per heavy atom. The molecule has 0 spiro atoms. The molecule has 0 aliphatic carbocycles. The molecule has 180 valence electrons. The molecule has 0 radical (unpaired) electrons. The molecular weight excluding hydrogens is 396 g/mol. The summed E-state index contributed by atoms with van der Waals surface area (Å²) in [6.45, 7) is 19.3. The van der Waals surface area contributed by atoms with Crippen LogP contribution in [0.1, 0.15) is 69.2 Å². The fourth-order valence-corrected chi connectivity index (χ4v) is 3.09. The maximum atomic E-state index is 13.5. The third-order valence-electron chi connectivity index (χ3n) is 4.68. The van der Waals surface area contributed by atoms with E-state index in [1.807, 2.05) is 55.4 Å². The van der Waals surface area contributed by atoms with Crippen molar-refractivity contribution in [1.29, 1.82) is 0 Å². The molecule has 0 bridgehead atoms. The second-order valence-corrected chi connectivity index (χ2v) is 10.4.